The number of fused-ring (bicyclic) bond motifs is 3. The number of aliphatic carboxylic acids is 1. The van der Waals surface area contributed by atoms with Crippen LogP contribution in [0.2, 0.25) is 5.02 Å². The smallest absolute Gasteiger partial charge is 0.303 e. The number of nitrogens with one attached hydrogen (secondary N) is 2. The Kier molecular flexibility index (Phi) is 3.66. The number of H-pyrrole nitrogens is 2. The summed E-state index contributed by atoms with van der Waals surface area (Å²) in [5.41, 5.74) is 1.69. The van der Waals surface area contributed by atoms with Crippen LogP contribution < -0.4 is 5.56 Å². The Labute approximate surface area is 137 Å². The van der Waals surface area contributed by atoms with Gasteiger partial charge in [-0.2, -0.15) is 0 Å². The Bertz CT molecular complexity index is 929. The Morgan fingerprint density at radius 1 is 1.38 bits per heavy atom. The predicted molar refractivity (Wildman–Crippen MR) is 90.1 cm³/mol. The average molecular weight is 417 g/mol. The van der Waals surface area contributed by atoms with E-state index in [1.54, 1.807) is 12.3 Å². The molecular weight excluding hydrogens is 407 g/mol. The standard InChI is InChI=1S/C14H10ClIN2O3/c15-8-4-10-7(3-9(8)16)12-6(1-2-11(19)20)5-17-13(12)14(21)18-10/h3-5,17H,1-2H2,(H,18,21)(H,19,20). The highest BCUT2D eigenvalue weighted by atomic mass is 127. The molecule has 0 unspecified atom stereocenters. The van der Waals surface area contributed by atoms with Crippen LogP contribution in [0.1, 0.15) is 12.0 Å². The second-order valence-corrected chi connectivity index (χ2v) is 6.29. The minimum atomic E-state index is -0.865. The van der Waals surface area contributed by atoms with Crippen molar-refractivity contribution < 1.29 is 9.90 Å². The fourth-order valence-electron chi connectivity index (χ4n) is 2.43. The summed E-state index contributed by atoms with van der Waals surface area (Å²) in [6.45, 7) is 0. The summed E-state index contributed by atoms with van der Waals surface area (Å²) < 4.78 is 0.875. The van der Waals surface area contributed by atoms with Crippen molar-refractivity contribution in [2.45, 2.75) is 12.8 Å². The van der Waals surface area contributed by atoms with Crippen molar-refractivity contribution in [2.24, 2.45) is 0 Å². The van der Waals surface area contributed by atoms with Crippen molar-refractivity contribution >= 4 is 62.0 Å². The highest BCUT2D eigenvalue weighted by Gasteiger charge is 2.14. The van der Waals surface area contributed by atoms with Gasteiger partial charge < -0.3 is 15.1 Å². The van der Waals surface area contributed by atoms with Gasteiger partial charge in [0.05, 0.1) is 10.5 Å². The summed E-state index contributed by atoms with van der Waals surface area (Å²) in [4.78, 5) is 28.6. The maximum Gasteiger partial charge on any atom is 0.303 e. The Hall–Kier alpha value is -1.54. The van der Waals surface area contributed by atoms with Gasteiger partial charge in [-0.15, -0.1) is 0 Å². The summed E-state index contributed by atoms with van der Waals surface area (Å²) in [5, 5.41) is 11.0. The number of pyridine rings is 1. The van der Waals surface area contributed by atoms with Gasteiger partial charge in [-0.25, -0.2) is 0 Å². The molecule has 0 saturated heterocycles. The van der Waals surface area contributed by atoms with Crippen LogP contribution in [0.15, 0.2) is 23.1 Å². The Balaban J connectivity index is 2.34. The first-order valence-electron chi connectivity index (χ1n) is 6.20. The number of carboxylic acid groups (broad SMARTS) is 1. The molecule has 0 aliphatic heterocycles. The van der Waals surface area contributed by atoms with Crippen LogP contribution in [-0.2, 0) is 11.2 Å². The number of aromatic nitrogens is 2. The molecule has 3 rings (SSSR count). The van der Waals surface area contributed by atoms with E-state index in [4.69, 9.17) is 16.7 Å². The van der Waals surface area contributed by atoms with Gasteiger partial charge in [-0.05, 0) is 46.7 Å². The Morgan fingerprint density at radius 3 is 2.86 bits per heavy atom. The number of benzene rings is 1. The second-order valence-electron chi connectivity index (χ2n) is 4.72. The molecule has 21 heavy (non-hydrogen) atoms. The highest BCUT2D eigenvalue weighted by molar-refractivity contribution is 14.1. The van der Waals surface area contributed by atoms with E-state index in [0.29, 0.717) is 22.5 Å². The molecule has 0 amide bonds. The first-order valence-corrected chi connectivity index (χ1v) is 7.66. The van der Waals surface area contributed by atoms with Gasteiger partial charge >= 0.3 is 5.97 Å². The molecule has 3 aromatic rings. The SMILES string of the molecule is O=C(O)CCc1c[nH]c2c(=O)[nH]c3cc(Cl)c(I)cc3c12. The molecule has 0 atom stereocenters. The van der Waals surface area contributed by atoms with Gasteiger partial charge in [0.2, 0.25) is 0 Å². The molecule has 0 spiro atoms. The minimum Gasteiger partial charge on any atom is -0.481 e. The van der Waals surface area contributed by atoms with Crippen LogP contribution in [-0.4, -0.2) is 21.0 Å². The quantitative estimate of drug-likeness (QED) is 0.573. The summed E-state index contributed by atoms with van der Waals surface area (Å²) in [6, 6.07) is 3.61. The maximum atomic E-state index is 12.1. The highest BCUT2D eigenvalue weighted by Crippen LogP contribution is 2.30. The fraction of sp³-hybridized carbons (Fsp3) is 0.143. The lowest BCUT2D eigenvalue weighted by molar-refractivity contribution is -0.136. The van der Waals surface area contributed by atoms with E-state index in [1.807, 2.05) is 6.07 Å². The van der Waals surface area contributed by atoms with Crippen molar-refractivity contribution in [3.05, 3.63) is 42.8 Å². The molecule has 0 bridgehead atoms. The first-order chi connectivity index (χ1) is 9.97. The summed E-state index contributed by atoms with van der Waals surface area (Å²) in [5.74, 6) is -0.865. The van der Waals surface area contributed by atoms with Gasteiger partial charge in [0.1, 0.15) is 5.52 Å². The largest absolute Gasteiger partial charge is 0.481 e. The van der Waals surface area contributed by atoms with Crippen molar-refractivity contribution in [3.8, 4) is 0 Å². The van der Waals surface area contributed by atoms with Crippen LogP contribution in [0.5, 0.6) is 0 Å². The molecule has 0 radical (unpaired) electrons. The molecule has 0 saturated carbocycles. The molecule has 0 aliphatic rings. The zero-order valence-electron chi connectivity index (χ0n) is 10.7. The number of rotatable bonds is 3. The molecule has 7 heteroatoms. The fourth-order valence-corrected chi connectivity index (χ4v) is 3.06. The van der Waals surface area contributed by atoms with E-state index < -0.39 is 5.97 Å². The van der Waals surface area contributed by atoms with Gasteiger partial charge in [-0.1, -0.05) is 11.6 Å². The molecule has 108 valence electrons. The number of carbonyl (C=O) groups is 1. The van der Waals surface area contributed by atoms with Gasteiger partial charge in [0.15, 0.2) is 0 Å². The molecule has 3 N–H and O–H groups in total. The van der Waals surface area contributed by atoms with E-state index in [0.717, 1.165) is 19.9 Å². The van der Waals surface area contributed by atoms with E-state index in [9.17, 15) is 9.59 Å². The van der Waals surface area contributed by atoms with Crippen LogP contribution in [0.4, 0.5) is 0 Å². The number of aryl methyl sites for hydroxylation is 1. The third-order valence-corrected chi connectivity index (χ3v) is 4.90. The zero-order chi connectivity index (χ0) is 15.1. The first kappa shape index (κ1) is 14.4. The van der Waals surface area contributed by atoms with Crippen LogP contribution in [0.3, 0.4) is 0 Å². The molecule has 1 aromatic carbocycles. The lowest BCUT2D eigenvalue weighted by Gasteiger charge is -2.05. The third kappa shape index (κ3) is 2.53. The topological polar surface area (TPSA) is 85.9 Å². The lowest BCUT2D eigenvalue weighted by atomic mass is 10.0. The maximum absolute atomic E-state index is 12.1. The molecule has 2 aromatic heterocycles. The zero-order valence-corrected chi connectivity index (χ0v) is 13.6. The third-order valence-electron chi connectivity index (χ3n) is 3.38. The van der Waals surface area contributed by atoms with Crippen molar-refractivity contribution in [1.82, 2.24) is 9.97 Å². The lowest BCUT2D eigenvalue weighted by Crippen LogP contribution is -2.06. The summed E-state index contributed by atoms with van der Waals surface area (Å²) in [7, 11) is 0. The van der Waals surface area contributed by atoms with Gasteiger partial charge in [0, 0.05) is 27.0 Å². The number of hydrogen-bond acceptors (Lipinski definition) is 2. The van der Waals surface area contributed by atoms with Crippen molar-refractivity contribution in [1.29, 1.82) is 0 Å². The van der Waals surface area contributed by atoms with E-state index in [2.05, 4.69) is 32.6 Å². The van der Waals surface area contributed by atoms with E-state index in [-0.39, 0.29) is 12.0 Å². The number of hydrogen-bond donors (Lipinski definition) is 3. The molecule has 5 nitrogen and oxygen atoms in total. The number of aromatic amines is 2. The molecule has 0 fully saturated rings. The normalized spacial score (nSPS) is 11.3. The molecule has 2 heterocycles. The van der Waals surface area contributed by atoms with Crippen LogP contribution in [0.25, 0.3) is 21.8 Å². The average Bonchev–Trinajstić information content (AvgIpc) is 2.84. The minimum absolute atomic E-state index is 0.0198. The van der Waals surface area contributed by atoms with Gasteiger partial charge in [0.25, 0.3) is 5.56 Å². The van der Waals surface area contributed by atoms with Crippen molar-refractivity contribution in [2.75, 3.05) is 0 Å². The predicted octanol–water partition coefficient (Wildman–Crippen LogP) is 3.28. The van der Waals surface area contributed by atoms with Crippen LogP contribution >= 0.6 is 34.2 Å². The van der Waals surface area contributed by atoms with E-state index >= 15 is 0 Å². The summed E-state index contributed by atoms with van der Waals surface area (Å²) in [6.07, 6.45) is 2.09. The van der Waals surface area contributed by atoms with Crippen LogP contribution in [0, 0.1) is 3.57 Å². The summed E-state index contributed by atoms with van der Waals surface area (Å²) >= 11 is 8.22. The van der Waals surface area contributed by atoms with Gasteiger partial charge in [-0.3, -0.25) is 9.59 Å². The van der Waals surface area contributed by atoms with Crippen molar-refractivity contribution in [3.63, 3.8) is 0 Å². The van der Waals surface area contributed by atoms with E-state index in [1.165, 1.54) is 0 Å². The monoisotopic (exact) mass is 416 g/mol. The second kappa shape index (κ2) is 5.34. The molecular formula is C14H10ClIN2O3. The Morgan fingerprint density at radius 2 is 2.14 bits per heavy atom. The molecule has 0 aliphatic carbocycles. The number of carboxylic acids is 1. The number of halogens is 2.